The second-order valence-electron chi connectivity index (χ2n) is 8.67. The van der Waals surface area contributed by atoms with Crippen LogP contribution in [0.3, 0.4) is 0 Å². The Balaban J connectivity index is 4.38. The zero-order chi connectivity index (χ0) is 14.6. The Labute approximate surface area is 115 Å². The summed E-state index contributed by atoms with van der Waals surface area (Å²) in [6, 6.07) is 0. The summed E-state index contributed by atoms with van der Waals surface area (Å²) in [5, 5.41) is 9.69. The molecule has 1 N–H and O–H groups in total. The maximum Gasteiger partial charge on any atom is 0.0464 e. The van der Waals surface area contributed by atoms with Gasteiger partial charge in [-0.15, -0.1) is 0 Å². The second kappa shape index (κ2) is 6.93. The van der Waals surface area contributed by atoms with E-state index in [1.165, 1.54) is 19.3 Å². The van der Waals surface area contributed by atoms with E-state index >= 15 is 0 Å². The van der Waals surface area contributed by atoms with Crippen molar-refractivity contribution in [3.8, 4) is 0 Å². The first-order valence-corrected chi connectivity index (χ1v) is 7.57. The minimum atomic E-state index is 0.336. The summed E-state index contributed by atoms with van der Waals surface area (Å²) >= 11 is 0. The molecule has 0 aliphatic carbocycles. The van der Waals surface area contributed by atoms with Crippen LogP contribution in [-0.2, 0) is 0 Å². The van der Waals surface area contributed by atoms with Crippen LogP contribution in [0.25, 0.3) is 0 Å². The van der Waals surface area contributed by atoms with Crippen molar-refractivity contribution in [2.45, 2.75) is 74.7 Å². The van der Waals surface area contributed by atoms with Gasteiger partial charge < -0.3 is 5.11 Å². The van der Waals surface area contributed by atoms with E-state index in [9.17, 15) is 5.11 Å². The van der Waals surface area contributed by atoms with Crippen LogP contribution in [0.4, 0.5) is 0 Å². The third-order valence-electron chi connectivity index (χ3n) is 3.96. The molecule has 0 amide bonds. The Kier molecular flexibility index (Phi) is 6.92. The van der Waals surface area contributed by atoms with Crippen molar-refractivity contribution in [1.29, 1.82) is 0 Å². The molecule has 3 unspecified atom stereocenters. The van der Waals surface area contributed by atoms with Gasteiger partial charge in [-0.25, -0.2) is 0 Å². The van der Waals surface area contributed by atoms with E-state index < -0.39 is 0 Å². The summed E-state index contributed by atoms with van der Waals surface area (Å²) in [7, 11) is 0. The van der Waals surface area contributed by atoms with Crippen LogP contribution in [0.1, 0.15) is 74.7 Å². The smallest absolute Gasteiger partial charge is 0.0464 e. The van der Waals surface area contributed by atoms with Gasteiger partial charge in [0.2, 0.25) is 0 Å². The monoisotopic (exact) mass is 256 g/mol. The van der Waals surface area contributed by atoms with Gasteiger partial charge in [-0.1, -0.05) is 55.4 Å². The SMILES string of the molecule is CC(CCC(C)(C)C)C(CO)C(C)CC(C)(C)C. The molecule has 0 fully saturated rings. The van der Waals surface area contributed by atoms with E-state index in [1.807, 2.05) is 0 Å². The molecule has 0 aromatic heterocycles. The first-order chi connectivity index (χ1) is 7.96. The Bertz CT molecular complexity index is 219. The quantitative estimate of drug-likeness (QED) is 0.698. The maximum absolute atomic E-state index is 9.69. The molecular formula is C17H36O. The lowest BCUT2D eigenvalue weighted by atomic mass is 9.73. The molecule has 0 aromatic rings. The van der Waals surface area contributed by atoms with Crippen molar-refractivity contribution >= 4 is 0 Å². The van der Waals surface area contributed by atoms with Gasteiger partial charge >= 0.3 is 0 Å². The Morgan fingerprint density at radius 3 is 1.67 bits per heavy atom. The molecule has 0 bridgehead atoms. The van der Waals surface area contributed by atoms with E-state index in [0.29, 0.717) is 35.2 Å². The van der Waals surface area contributed by atoms with E-state index in [-0.39, 0.29) is 0 Å². The normalized spacial score (nSPS) is 18.5. The van der Waals surface area contributed by atoms with Crippen molar-refractivity contribution in [1.82, 2.24) is 0 Å². The van der Waals surface area contributed by atoms with Gasteiger partial charge in [0.05, 0.1) is 0 Å². The van der Waals surface area contributed by atoms with E-state index in [1.54, 1.807) is 0 Å². The molecule has 0 saturated heterocycles. The molecular weight excluding hydrogens is 220 g/mol. The molecule has 0 saturated carbocycles. The fraction of sp³-hybridized carbons (Fsp3) is 1.00. The number of aliphatic hydroxyl groups excluding tert-OH is 1. The van der Waals surface area contributed by atoms with Crippen LogP contribution in [0.15, 0.2) is 0 Å². The molecule has 0 rings (SSSR count). The van der Waals surface area contributed by atoms with E-state index in [0.717, 1.165) is 0 Å². The van der Waals surface area contributed by atoms with Crippen molar-refractivity contribution in [3.63, 3.8) is 0 Å². The molecule has 110 valence electrons. The van der Waals surface area contributed by atoms with Crippen molar-refractivity contribution in [2.75, 3.05) is 6.61 Å². The minimum Gasteiger partial charge on any atom is -0.396 e. The van der Waals surface area contributed by atoms with Crippen molar-refractivity contribution in [3.05, 3.63) is 0 Å². The number of aliphatic hydroxyl groups is 1. The molecule has 0 aliphatic heterocycles. The van der Waals surface area contributed by atoms with Gasteiger partial charge in [-0.05, 0) is 47.8 Å². The second-order valence-corrected chi connectivity index (χ2v) is 8.67. The summed E-state index contributed by atoms with van der Waals surface area (Å²) in [6.07, 6.45) is 3.66. The van der Waals surface area contributed by atoms with Gasteiger partial charge in [-0.2, -0.15) is 0 Å². The summed E-state index contributed by atoms with van der Waals surface area (Å²) in [4.78, 5) is 0. The van der Waals surface area contributed by atoms with Crippen LogP contribution in [0.2, 0.25) is 0 Å². The Morgan fingerprint density at radius 1 is 0.833 bits per heavy atom. The fourth-order valence-electron chi connectivity index (χ4n) is 2.91. The van der Waals surface area contributed by atoms with Crippen LogP contribution >= 0.6 is 0 Å². The van der Waals surface area contributed by atoms with Gasteiger partial charge in [0, 0.05) is 6.61 Å². The highest BCUT2D eigenvalue weighted by Crippen LogP contribution is 2.35. The van der Waals surface area contributed by atoms with Gasteiger partial charge in [0.15, 0.2) is 0 Å². The maximum atomic E-state index is 9.69. The number of rotatable bonds is 6. The average Bonchev–Trinajstić information content (AvgIpc) is 2.11. The predicted octanol–water partition coefficient (Wildman–Crippen LogP) is 5.13. The molecule has 0 aromatic carbocycles. The lowest BCUT2D eigenvalue weighted by molar-refractivity contribution is 0.100. The number of hydrogen-bond donors (Lipinski definition) is 1. The highest BCUT2D eigenvalue weighted by molar-refractivity contribution is 4.77. The molecule has 3 atom stereocenters. The molecule has 0 heterocycles. The third-order valence-corrected chi connectivity index (χ3v) is 3.96. The first-order valence-electron chi connectivity index (χ1n) is 7.57. The van der Waals surface area contributed by atoms with Crippen LogP contribution in [0.5, 0.6) is 0 Å². The standard InChI is InChI=1S/C17H36O/c1-13(9-10-16(3,4)5)15(12-18)14(2)11-17(6,7)8/h13-15,18H,9-12H2,1-8H3. The largest absolute Gasteiger partial charge is 0.396 e. The lowest BCUT2D eigenvalue weighted by Crippen LogP contribution is -2.27. The fourth-order valence-corrected chi connectivity index (χ4v) is 2.91. The van der Waals surface area contributed by atoms with Crippen LogP contribution in [0, 0.1) is 28.6 Å². The zero-order valence-corrected chi connectivity index (χ0v) is 14.0. The third kappa shape index (κ3) is 8.13. The van der Waals surface area contributed by atoms with Crippen LogP contribution < -0.4 is 0 Å². The van der Waals surface area contributed by atoms with Crippen molar-refractivity contribution < 1.29 is 5.11 Å². The zero-order valence-electron chi connectivity index (χ0n) is 14.0. The summed E-state index contributed by atoms with van der Waals surface area (Å²) in [6.45, 7) is 18.7. The molecule has 1 heteroatoms. The van der Waals surface area contributed by atoms with Crippen LogP contribution in [-0.4, -0.2) is 11.7 Å². The molecule has 0 radical (unpaired) electrons. The summed E-state index contributed by atoms with van der Waals surface area (Å²) in [5.41, 5.74) is 0.762. The number of hydrogen-bond acceptors (Lipinski definition) is 1. The topological polar surface area (TPSA) is 20.2 Å². The first kappa shape index (κ1) is 18.0. The Morgan fingerprint density at radius 2 is 1.33 bits per heavy atom. The molecule has 0 spiro atoms. The Hall–Kier alpha value is -0.0400. The van der Waals surface area contributed by atoms with Gasteiger partial charge in [0.1, 0.15) is 0 Å². The predicted molar refractivity (Wildman–Crippen MR) is 81.7 cm³/mol. The molecule has 0 aliphatic rings. The molecule has 1 nitrogen and oxygen atoms in total. The van der Waals surface area contributed by atoms with Gasteiger partial charge in [-0.3, -0.25) is 0 Å². The highest BCUT2D eigenvalue weighted by atomic mass is 16.3. The van der Waals surface area contributed by atoms with E-state index in [4.69, 9.17) is 0 Å². The molecule has 18 heavy (non-hydrogen) atoms. The minimum absolute atomic E-state index is 0.336. The van der Waals surface area contributed by atoms with E-state index in [2.05, 4.69) is 55.4 Å². The summed E-state index contributed by atoms with van der Waals surface area (Å²) < 4.78 is 0. The average molecular weight is 256 g/mol. The van der Waals surface area contributed by atoms with Crippen molar-refractivity contribution in [2.24, 2.45) is 28.6 Å². The van der Waals surface area contributed by atoms with Gasteiger partial charge in [0.25, 0.3) is 0 Å². The lowest BCUT2D eigenvalue weighted by Gasteiger charge is -2.33. The summed E-state index contributed by atoms with van der Waals surface area (Å²) in [5.74, 6) is 1.67. The highest BCUT2D eigenvalue weighted by Gasteiger charge is 2.27.